The predicted molar refractivity (Wildman–Crippen MR) is 94.5 cm³/mol. The van der Waals surface area contributed by atoms with Crippen molar-refractivity contribution in [1.82, 2.24) is 4.98 Å². The van der Waals surface area contributed by atoms with Gasteiger partial charge in [0, 0.05) is 28.4 Å². The third-order valence-corrected chi connectivity index (χ3v) is 5.36. The lowest BCUT2D eigenvalue weighted by Crippen LogP contribution is -2.28. The minimum absolute atomic E-state index is 0.0358. The Morgan fingerprint density at radius 3 is 2.35 bits per heavy atom. The molecule has 1 atom stereocenters. The van der Waals surface area contributed by atoms with E-state index in [2.05, 4.69) is 13.8 Å². The van der Waals surface area contributed by atoms with Crippen LogP contribution in [0.15, 0.2) is 0 Å². The molecule has 0 aromatic carbocycles. The molecule has 1 aromatic rings. The van der Waals surface area contributed by atoms with Gasteiger partial charge in [-0.1, -0.05) is 40.5 Å². The molecule has 1 aromatic heterocycles. The molecule has 1 unspecified atom stereocenters. The lowest BCUT2D eigenvalue weighted by molar-refractivity contribution is 0.0970. The zero-order valence-corrected chi connectivity index (χ0v) is 15.4. The SMILES string of the molecule is CC.Cc1c(CO)c(C2CCCC2)nc2c1C(O)CC(C)(C)C2. The van der Waals surface area contributed by atoms with E-state index in [9.17, 15) is 10.2 Å². The molecule has 3 heteroatoms. The summed E-state index contributed by atoms with van der Waals surface area (Å²) in [5, 5.41) is 20.4. The summed E-state index contributed by atoms with van der Waals surface area (Å²) >= 11 is 0. The van der Waals surface area contributed by atoms with Gasteiger partial charge in [-0.2, -0.15) is 0 Å². The highest BCUT2D eigenvalue weighted by Crippen LogP contribution is 2.44. The number of hydrogen-bond acceptors (Lipinski definition) is 3. The first kappa shape index (κ1) is 18.4. The molecule has 0 spiro atoms. The molecule has 1 fully saturated rings. The maximum Gasteiger partial charge on any atom is 0.0815 e. The van der Waals surface area contributed by atoms with Gasteiger partial charge in [0.05, 0.1) is 12.7 Å². The van der Waals surface area contributed by atoms with Gasteiger partial charge < -0.3 is 10.2 Å². The summed E-state index contributed by atoms with van der Waals surface area (Å²) in [6.07, 6.45) is 6.15. The fraction of sp³-hybridized carbons (Fsp3) is 0.750. The van der Waals surface area contributed by atoms with E-state index in [1.165, 1.54) is 25.7 Å². The standard InChI is InChI=1S/C18H27NO2.C2H6/c1-11-13(10-20)17(12-6-4-5-7-12)19-14-8-18(2,3)9-15(21)16(11)14;1-2/h12,15,20-21H,4-10H2,1-3H3;1-2H3. The summed E-state index contributed by atoms with van der Waals surface area (Å²) in [6, 6.07) is 0. The molecular weight excluding hydrogens is 286 g/mol. The lowest BCUT2D eigenvalue weighted by atomic mass is 9.73. The minimum atomic E-state index is -0.445. The Morgan fingerprint density at radius 1 is 1.17 bits per heavy atom. The number of aromatic nitrogens is 1. The number of fused-ring (bicyclic) bond motifs is 1. The Hall–Kier alpha value is -0.930. The fourth-order valence-electron chi connectivity index (χ4n) is 4.31. The molecule has 0 saturated heterocycles. The first-order valence-electron chi connectivity index (χ1n) is 9.24. The van der Waals surface area contributed by atoms with Crippen LogP contribution in [-0.4, -0.2) is 15.2 Å². The van der Waals surface area contributed by atoms with Gasteiger partial charge in [0.2, 0.25) is 0 Å². The zero-order valence-electron chi connectivity index (χ0n) is 15.4. The van der Waals surface area contributed by atoms with Crippen molar-refractivity contribution in [3.05, 3.63) is 28.1 Å². The topological polar surface area (TPSA) is 53.4 Å². The van der Waals surface area contributed by atoms with Crippen LogP contribution in [-0.2, 0) is 13.0 Å². The highest BCUT2D eigenvalue weighted by molar-refractivity contribution is 5.44. The number of aliphatic hydroxyl groups excluding tert-OH is 2. The maximum atomic E-state index is 10.5. The average molecular weight is 319 g/mol. The molecule has 1 saturated carbocycles. The van der Waals surface area contributed by atoms with Gasteiger partial charge in [-0.05, 0) is 43.6 Å². The van der Waals surface area contributed by atoms with Gasteiger partial charge in [-0.3, -0.25) is 4.98 Å². The number of nitrogens with zero attached hydrogens (tertiary/aromatic N) is 1. The Kier molecular flexibility index (Phi) is 5.85. The Morgan fingerprint density at radius 2 is 1.78 bits per heavy atom. The van der Waals surface area contributed by atoms with Crippen molar-refractivity contribution in [1.29, 1.82) is 0 Å². The van der Waals surface area contributed by atoms with Crippen LogP contribution < -0.4 is 0 Å². The molecule has 0 amide bonds. The number of aliphatic hydroxyl groups is 2. The Bertz CT molecular complexity index is 545. The predicted octanol–water partition coefficient (Wildman–Crippen LogP) is 4.57. The van der Waals surface area contributed by atoms with Crippen LogP contribution in [0, 0.1) is 12.3 Å². The van der Waals surface area contributed by atoms with E-state index in [1.807, 2.05) is 20.8 Å². The summed E-state index contributed by atoms with van der Waals surface area (Å²) in [7, 11) is 0. The van der Waals surface area contributed by atoms with E-state index >= 15 is 0 Å². The molecule has 2 aliphatic carbocycles. The molecule has 1 heterocycles. The Balaban J connectivity index is 0.000000924. The quantitative estimate of drug-likeness (QED) is 0.839. The molecular formula is C20H33NO2. The van der Waals surface area contributed by atoms with Crippen molar-refractivity contribution >= 4 is 0 Å². The minimum Gasteiger partial charge on any atom is -0.392 e. The monoisotopic (exact) mass is 319 g/mol. The second-order valence-corrected chi connectivity index (χ2v) is 7.66. The summed E-state index contributed by atoms with van der Waals surface area (Å²) in [5.74, 6) is 0.498. The van der Waals surface area contributed by atoms with Gasteiger partial charge in [0.1, 0.15) is 0 Å². The van der Waals surface area contributed by atoms with Crippen molar-refractivity contribution in [2.75, 3.05) is 0 Å². The second-order valence-electron chi connectivity index (χ2n) is 7.66. The van der Waals surface area contributed by atoms with Crippen LogP contribution in [0.3, 0.4) is 0 Å². The summed E-state index contributed by atoms with van der Waals surface area (Å²) in [5.41, 5.74) is 5.30. The van der Waals surface area contributed by atoms with Gasteiger partial charge in [0.15, 0.2) is 0 Å². The molecule has 0 aliphatic heterocycles. The molecule has 2 N–H and O–H groups in total. The smallest absolute Gasteiger partial charge is 0.0815 e. The van der Waals surface area contributed by atoms with Gasteiger partial charge in [-0.15, -0.1) is 0 Å². The summed E-state index contributed by atoms with van der Waals surface area (Å²) in [6.45, 7) is 10.5. The van der Waals surface area contributed by atoms with Crippen LogP contribution in [0.1, 0.15) is 99.9 Å². The molecule has 3 nitrogen and oxygen atoms in total. The van der Waals surface area contributed by atoms with Crippen molar-refractivity contribution in [2.45, 2.75) is 91.8 Å². The lowest BCUT2D eigenvalue weighted by Gasteiger charge is -2.36. The van der Waals surface area contributed by atoms with Crippen molar-refractivity contribution in [3.8, 4) is 0 Å². The van der Waals surface area contributed by atoms with Gasteiger partial charge in [0.25, 0.3) is 0 Å². The molecule has 23 heavy (non-hydrogen) atoms. The van der Waals surface area contributed by atoms with E-state index in [1.54, 1.807) is 0 Å². The Labute approximate surface area is 141 Å². The molecule has 3 rings (SSSR count). The number of pyridine rings is 1. The first-order valence-corrected chi connectivity index (χ1v) is 9.24. The number of rotatable bonds is 2. The maximum absolute atomic E-state index is 10.5. The van der Waals surface area contributed by atoms with Gasteiger partial charge in [-0.25, -0.2) is 0 Å². The molecule has 0 bridgehead atoms. The summed E-state index contributed by atoms with van der Waals surface area (Å²) < 4.78 is 0. The van der Waals surface area contributed by atoms with Gasteiger partial charge >= 0.3 is 0 Å². The number of hydrogen-bond donors (Lipinski definition) is 2. The van der Waals surface area contributed by atoms with Crippen molar-refractivity contribution in [3.63, 3.8) is 0 Å². The van der Waals surface area contributed by atoms with Crippen molar-refractivity contribution in [2.24, 2.45) is 5.41 Å². The average Bonchev–Trinajstić information content (AvgIpc) is 3.01. The zero-order chi connectivity index (χ0) is 17.2. The van der Waals surface area contributed by atoms with E-state index in [0.29, 0.717) is 5.92 Å². The third kappa shape index (κ3) is 3.61. The molecule has 0 radical (unpaired) electrons. The van der Waals surface area contributed by atoms with Crippen LogP contribution in [0.25, 0.3) is 0 Å². The van der Waals surface area contributed by atoms with E-state index < -0.39 is 6.10 Å². The van der Waals surface area contributed by atoms with E-state index in [0.717, 1.165) is 40.9 Å². The third-order valence-electron chi connectivity index (χ3n) is 5.36. The highest BCUT2D eigenvalue weighted by atomic mass is 16.3. The molecule has 2 aliphatic rings. The summed E-state index contributed by atoms with van der Waals surface area (Å²) in [4.78, 5) is 4.95. The van der Waals surface area contributed by atoms with Crippen LogP contribution in [0.5, 0.6) is 0 Å². The first-order chi connectivity index (χ1) is 10.9. The van der Waals surface area contributed by atoms with E-state index in [4.69, 9.17) is 4.98 Å². The van der Waals surface area contributed by atoms with Crippen molar-refractivity contribution < 1.29 is 10.2 Å². The fourth-order valence-corrected chi connectivity index (χ4v) is 4.31. The van der Waals surface area contributed by atoms with Crippen LogP contribution >= 0.6 is 0 Å². The molecule has 130 valence electrons. The largest absolute Gasteiger partial charge is 0.392 e. The second kappa shape index (κ2) is 7.31. The highest BCUT2D eigenvalue weighted by Gasteiger charge is 2.35. The normalized spacial score (nSPS) is 23.2. The van der Waals surface area contributed by atoms with Crippen LogP contribution in [0.2, 0.25) is 0 Å². The van der Waals surface area contributed by atoms with Crippen LogP contribution in [0.4, 0.5) is 0 Å². The van der Waals surface area contributed by atoms with E-state index in [-0.39, 0.29) is 12.0 Å².